The molecule has 6 rings (SSSR count). The van der Waals surface area contributed by atoms with Gasteiger partial charge in [0.1, 0.15) is 60.8 Å². The Hall–Kier alpha value is -5.09. The van der Waals surface area contributed by atoms with Gasteiger partial charge in [0.05, 0.1) is 46.8 Å². The van der Waals surface area contributed by atoms with Crippen molar-refractivity contribution in [1.82, 2.24) is 0 Å². The van der Waals surface area contributed by atoms with Crippen LogP contribution in [0.3, 0.4) is 0 Å². The second-order valence-corrected chi connectivity index (χ2v) is 22.6. The van der Waals surface area contributed by atoms with Crippen LogP contribution in [0.5, 0.6) is 11.5 Å². The fourth-order valence-electron chi connectivity index (χ4n) is 7.17. The van der Waals surface area contributed by atoms with Crippen molar-refractivity contribution < 1.29 is 47.4 Å². The second kappa shape index (κ2) is 25.2. The molecule has 0 unspecified atom stereocenters. The summed E-state index contributed by atoms with van der Waals surface area (Å²) in [7, 11) is -0.789. The Morgan fingerprint density at radius 2 is 1.18 bits per heavy atom. The molecule has 0 bridgehead atoms. The van der Waals surface area contributed by atoms with Gasteiger partial charge in [-0.1, -0.05) is 147 Å². The van der Waals surface area contributed by atoms with Crippen LogP contribution in [-0.2, 0) is 59.3 Å². The van der Waals surface area contributed by atoms with Crippen molar-refractivity contribution >= 4 is 8.32 Å². The maximum Gasteiger partial charge on any atom is 0.192 e. The molecule has 1 fully saturated rings. The Balaban J connectivity index is 1.38. The summed E-state index contributed by atoms with van der Waals surface area (Å²) in [6.07, 6.45) is -7.13. The molecule has 5 aromatic rings. The zero-order valence-corrected chi connectivity index (χ0v) is 39.9. The third kappa shape index (κ3) is 15.0. The van der Waals surface area contributed by atoms with E-state index in [1.807, 2.05) is 121 Å². The Kier molecular flexibility index (Phi) is 19.2. The number of rotatable bonds is 25. The largest absolute Gasteiger partial charge is 0.497 e. The lowest BCUT2D eigenvalue weighted by atomic mass is 9.96. The molecule has 352 valence electrons. The molecule has 14 heteroatoms. The molecule has 8 atom stereocenters. The highest BCUT2D eigenvalue weighted by Gasteiger charge is 2.50. The summed E-state index contributed by atoms with van der Waals surface area (Å²) in [4.78, 5) is 3.30. The first-order valence-electron chi connectivity index (χ1n) is 22.5. The van der Waals surface area contributed by atoms with E-state index in [4.69, 9.17) is 42.3 Å². The Morgan fingerprint density at radius 3 is 1.70 bits per heavy atom. The van der Waals surface area contributed by atoms with E-state index in [2.05, 4.69) is 43.9 Å². The zero-order chi connectivity index (χ0) is 46.8. The number of hydrogen-bond donors (Lipinski definition) is 1. The van der Waals surface area contributed by atoms with Crippen LogP contribution in [-0.4, -0.2) is 89.3 Å². The summed E-state index contributed by atoms with van der Waals surface area (Å²) < 4.78 is 58.8. The van der Waals surface area contributed by atoms with Crippen molar-refractivity contribution in [1.29, 1.82) is 0 Å². The van der Waals surface area contributed by atoms with Gasteiger partial charge in [0.2, 0.25) is 0 Å². The van der Waals surface area contributed by atoms with Crippen molar-refractivity contribution in [3.63, 3.8) is 0 Å². The first kappa shape index (κ1) is 50.3. The van der Waals surface area contributed by atoms with Crippen LogP contribution < -0.4 is 9.47 Å². The summed E-state index contributed by atoms with van der Waals surface area (Å²) in [6, 6.07) is 45.1. The molecule has 0 radical (unpaired) electrons. The van der Waals surface area contributed by atoms with Crippen molar-refractivity contribution in [3.8, 4) is 11.5 Å². The summed E-state index contributed by atoms with van der Waals surface area (Å²) in [5, 5.41) is 16.5. The van der Waals surface area contributed by atoms with Crippen LogP contribution in [0.1, 0.15) is 43.0 Å². The monoisotopic (exact) mass is 919 g/mol. The average Bonchev–Trinajstić information content (AvgIpc) is 3.33. The lowest BCUT2D eigenvalue weighted by Crippen LogP contribution is -2.62. The first-order valence-corrected chi connectivity index (χ1v) is 25.4. The predicted octanol–water partition coefficient (Wildman–Crippen LogP) is 10.2. The summed E-state index contributed by atoms with van der Waals surface area (Å²) in [5.41, 5.74) is 14.0. The highest BCUT2D eigenvalue weighted by Crippen LogP contribution is 2.38. The molecule has 13 nitrogen and oxygen atoms in total. The number of aliphatic hydroxyl groups is 1. The minimum atomic E-state index is -2.38. The lowest BCUT2D eigenvalue weighted by Gasteiger charge is -2.46. The van der Waals surface area contributed by atoms with Gasteiger partial charge in [0, 0.05) is 4.91 Å². The number of methoxy groups -OCH3 is 1. The highest BCUT2D eigenvalue weighted by molar-refractivity contribution is 6.74. The molecule has 1 aliphatic heterocycles. The summed E-state index contributed by atoms with van der Waals surface area (Å²) in [6.45, 7) is 11.6. The Morgan fingerprint density at radius 1 is 0.682 bits per heavy atom. The van der Waals surface area contributed by atoms with Gasteiger partial charge < -0.3 is 47.4 Å². The van der Waals surface area contributed by atoms with E-state index < -0.39 is 57.3 Å². The third-order valence-electron chi connectivity index (χ3n) is 12.0. The van der Waals surface area contributed by atoms with Crippen LogP contribution in [0.25, 0.3) is 10.4 Å². The van der Waals surface area contributed by atoms with Crippen LogP contribution >= 0.6 is 0 Å². The first-order chi connectivity index (χ1) is 31.9. The quantitative estimate of drug-likeness (QED) is 0.0259. The molecule has 0 amide bonds. The molecule has 1 saturated heterocycles. The molecule has 1 heterocycles. The standard InChI is InChI=1S/C52H65N3O10Si/c1-52(2,3)66(5,6)63-37-45(60-32-39-21-13-8-14-22-39)48(44(56)35-59-43-29-27-42(57-4)28-30-43)65-51-47(54-55-53)50(62-34-41-25-17-10-18-26-41)49(61-33-40-23-15-9-16-24-40)46(64-51)36-58-31-38-19-11-7-12-20-38/h7-30,44-51,56H,31-37H2,1-6H3/t44-,45+,46-,47-,48-,49-,50-,51+/m1/s1. The van der Waals surface area contributed by atoms with Gasteiger partial charge in [-0.25, -0.2) is 0 Å². The second-order valence-electron chi connectivity index (χ2n) is 17.8. The van der Waals surface area contributed by atoms with E-state index in [9.17, 15) is 10.6 Å². The van der Waals surface area contributed by atoms with Crippen LogP contribution in [0, 0.1) is 0 Å². The van der Waals surface area contributed by atoms with Crippen LogP contribution in [0.4, 0.5) is 0 Å². The molecule has 0 saturated carbocycles. The molecule has 1 aliphatic rings. The summed E-state index contributed by atoms with van der Waals surface area (Å²) >= 11 is 0. The fraction of sp³-hybridized carbons (Fsp3) is 0.423. The van der Waals surface area contributed by atoms with Gasteiger partial charge in [0.25, 0.3) is 0 Å². The molecular weight excluding hydrogens is 855 g/mol. The van der Waals surface area contributed by atoms with Gasteiger partial charge in [-0.2, -0.15) is 0 Å². The number of azide groups is 1. The van der Waals surface area contributed by atoms with Crippen molar-refractivity contribution in [2.24, 2.45) is 5.11 Å². The van der Waals surface area contributed by atoms with E-state index in [-0.39, 0.29) is 44.7 Å². The number of benzene rings is 5. The van der Waals surface area contributed by atoms with E-state index in [0.29, 0.717) is 18.1 Å². The normalized spacial score (nSPS) is 20.1. The molecular formula is C52H65N3O10Si. The predicted molar refractivity (Wildman–Crippen MR) is 255 cm³/mol. The number of aliphatic hydroxyl groups excluding tert-OH is 1. The molecule has 66 heavy (non-hydrogen) atoms. The van der Waals surface area contributed by atoms with Gasteiger partial charge in [0.15, 0.2) is 14.6 Å². The van der Waals surface area contributed by atoms with E-state index >= 15 is 0 Å². The zero-order valence-electron chi connectivity index (χ0n) is 38.9. The number of hydrogen-bond acceptors (Lipinski definition) is 11. The fourth-order valence-corrected chi connectivity index (χ4v) is 8.18. The van der Waals surface area contributed by atoms with E-state index in [0.717, 1.165) is 22.3 Å². The minimum absolute atomic E-state index is 0.0681. The molecule has 5 aromatic carbocycles. The maximum absolute atomic E-state index is 12.3. The van der Waals surface area contributed by atoms with Gasteiger partial charge in [-0.15, -0.1) is 0 Å². The van der Waals surface area contributed by atoms with Crippen molar-refractivity contribution in [2.75, 3.05) is 26.9 Å². The highest BCUT2D eigenvalue weighted by atomic mass is 28.4. The number of nitrogens with zero attached hydrogens (tertiary/aromatic N) is 3. The molecule has 0 aromatic heterocycles. The van der Waals surface area contributed by atoms with Crippen molar-refractivity contribution in [3.05, 3.63) is 178 Å². The van der Waals surface area contributed by atoms with Gasteiger partial charge >= 0.3 is 0 Å². The third-order valence-corrected chi connectivity index (χ3v) is 16.5. The Labute approximate surface area is 390 Å². The van der Waals surface area contributed by atoms with E-state index in [1.54, 1.807) is 31.4 Å². The molecule has 0 spiro atoms. The van der Waals surface area contributed by atoms with Gasteiger partial charge in [-0.05, 0) is 70.2 Å². The SMILES string of the molecule is COc1ccc(OC[C@@H](O)[C@@H](O[C@@H]2O[C@H](COCc3ccccc3)[C@@H](OCc3ccccc3)[C@H](OCc3ccccc3)[C@H]2N=[N+]=[N-])[C@H](CO[Si](C)(C)C(C)(C)C)OCc2ccccc2)cc1. The van der Waals surface area contributed by atoms with E-state index in [1.165, 1.54) is 0 Å². The number of ether oxygens (including phenoxy) is 8. The minimum Gasteiger partial charge on any atom is -0.497 e. The van der Waals surface area contributed by atoms with Gasteiger partial charge in [-0.3, -0.25) is 0 Å². The lowest BCUT2D eigenvalue weighted by molar-refractivity contribution is -0.312. The Bertz CT molecular complexity index is 2180. The maximum atomic E-state index is 12.3. The summed E-state index contributed by atoms with van der Waals surface area (Å²) in [5.74, 6) is 1.18. The molecule has 1 N–H and O–H groups in total. The smallest absolute Gasteiger partial charge is 0.192 e. The van der Waals surface area contributed by atoms with Crippen molar-refractivity contribution in [2.45, 2.75) is 114 Å². The van der Waals surface area contributed by atoms with Crippen LogP contribution in [0.2, 0.25) is 18.1 Å². The molecule has 0 aliphatic carbocycles. The topological polar surface area (TPSA) is 152 Å². The van der Waals surface area contributed by atoms with Crippen LogP contribution in [0.15, 0.2) is 151 Å². The average molecular weight is 920 g/mol.